The summed E-state index contributed by atoms with van der Waals surface area (Å²) in [6, 6.07) is 14.5. The molecule has 2 heterocycles. The van der Waals surface area contributed by atoms with Crippen LogP contribution in [0.5, 0.6) is 0 Å². The summed E-state index contributed by atoms with van der Waals surface area (Å²) < 4.78 is 5.52. The lowest BCUT2D eigenvalue weighted by Crippen LogP contribution is -2.24. The van der Waals surface area contributed by atoms with Crippen molar-refractivity contribution in [3.05, 3.63) is 71.1 Å². The molecule has 2 atom stereocenters. The predicted octanol–water partition coefficient (Wildman–Crippen LogP) is 3.05. The SMILES string of the molecule is Cc1cccc(-c2noc(C3CC(O)CN3Cc3ccc(C(=O)O)cc3)n2)c1. The van der Waals surface area contributed by atoms with E-state index >= 15 is 0 Å². The first-order valence-corrected chi connectivity index (χ1v) is 9.14. The third kappa shape index (κ3) is 3.81. The van der Waals surface area contributed by atoms with Crippen LogP contribution in [0.4, 0.5) is 0 Å². The van der Waals surface area contributed by atoms with Gasteiger partial charge in [0.1, 0.15) is 0 Å². The number of hydrogen-bond acceptors (Lipinski definition) is 6. The zero-order chi connectivity index (χ0) is 19.7. The third-order valence-electron chi connectivity index (χ3n) is 4.97. The second-order valence-corrected chi connectivity index (χ2v) is 7.16. The van der Waals surface area contributed by atoms with Gasteiger partial charge in [0.25, 0.3) is 0 Å². The Morgan fingerprint density at radius 1 is 1.25 bits per heavy atom. The fraction of sp³-hybridized carbons (Fsp3) is 0.286. The molecule has 0 radical (unpaired) electrons. The first-order valence-electron chi connectivity index (χ1n) is 9.14. The molecule has 1 aromatic heterocycles. The molecule has 0 aliphatic carbocycles. The third-order valence-corrected chi connectivity index (χ3v) is 4.97. The maximum absolute atomic E-state index is 11.0. The van der Waals surface area contributed by atoms with E-state index in [-0.39, 0.29) is 11.6 Å². The number of aromatic nitrogens is 2. The lowest BCUT2D eigenvalue weighted by Gasteiger charge is -2.21. The Balaban J connectivity index is 1.54. The number of benzene rings is 2. The van der Waals surface area contributed by atoms with Crippen LogP contribution in [0, 0.1) is 6.92 Å². The van der Waals surface area contributed by atoms with Crippen LogP contribution in [0.3, 0.4) is 0 Å². The van der Waals surface area contributed by atoms with Crippen molar-refractivity contribution in [2.45, 2.75) is 32.0 Å². The quantitative estimate of drug-likeness (QED) is 0.703. The van der Waals surface area contributed by atoms with Crippen LogP contribution in [-0.2, 0) is 6.54 Å². The molecule has 2 aromatic carbocycles. The zero-order valence-corrected chi connectivity index (χ0v) is 15.4. The average molecular weight is 379 g/mol. The highest BCUT2D eigenvalue weighted by Gasteiger charge is 2.36. The molecule has 7 heteroatoms. The number of β-amino-alcohol motifs (C(OH)–C–C–N with tert-alkyl or cyclic N) is 1. The fourth-order valence-electron chi connectivity index (χ4n) is 3.57. The molecule has 1 fully saturated rings. The molecule has 0 spiro atoms. The molecule has 0 bridgehead atoms. The predicted molar refractivity (Wildman–Crippen MR) is 102 cm³/mol. The van der Waals surface area contributed by atoms with E-state index in [2.05, 4.69) is 15.0 Å². The minimum Gasteiger partial charge on any atom is -0.478 e. The molecule has 4 rings (SSSR count). The number of aryl methyl sites for hydroxylation is 1. The van der Waals surface area contributed by atoms with E-state index in [1.54, 1.807) is 24.3 Å². The van der Waals surface area contributed by atoms with Gasteiger partial charge in [0.2, 0.25) is 11.7 Å². The Kier molecular flexibility index (Phi) is 4.93. The molecule has 1 aliphatic rings. The summed E-state index contributed by atoms with van der Waals surface area (Å²) in [6.07, 6.45) is 0.0421. The number of nitrogens with zero attached hydrogens (tertiary/aromatic N) is 3. The summed E-state index contributed by atoms with van der Waals surface area (Å²) in [5.41, 5.74) is 3.22. The molecule has 3 aromatic rings. The van der Waals surface area contributed by atoms with Gasteiger partial charge >= 0.3 is 5.97 Å². The molecule has 1 saturated heterocycles. The lowest BCUT2D eigenvalue weighted by atomic mass is 10.1. The van der Waals surface area contributed by atoms with Crippen LogP contribution in [0.1, 0.15) is 39.8 Å². The summed E-state index contributed by atoms with van der Waals surface area (Å²) >= 11 is 0. The van der Waals surface area contributed by atoms with Crippen molar-refractivity contribution in [1.29, 1.82) is 0 Å². The molecule has 2 N–H and O–H groups in total. The van der Waals surface area contributed by atoms with E-state index < -0.39 is 12.1 Å². The average Bonchev–Trinajstić information content (AvgIpc) is 3.29. The smallest absolute Gasteiger partial charge is 0.335 e. The summed E-state index contributed by atoms with van der Waals surface area (Å²) in [5.74, 6) is 0.0663. The topological polar surface area (TPSA) is 99.7 Å². The molecule has 0 saturated carbocycles. The van der Waals surface area contributed by atoms with Crippen LogP contribution in [-0.4, -0.2) is 43.9 Å². The standard InChI is InChI=1S/C21H21N3O4/c1-13-3-2-4-16(9-13)19-22-20(28-23-19)18-10-17(25)12-24(18)11-14-5-7-15(8-6-14)21(26)27/h2-9,17-18,25H,10-12H2,1H3,(H,26,27). The number of carbonyl (C=O) groups is 1. The summed E-state index contributed by atoms with van der Waals surface area (Å²) in [6.45, 7) is 3.06. The second kappa shape index (κ2) is 7.53. The number of rotatable bonds is 5. The lowest BCUT2D eigenvalue weighted by molar-refractivity contribution is 0.0697. The molecule has 0 amide bonds. The van der Waals surface area contributed by atoms with Crippen LogP contribution in [0.2, 0.25) is 0 Å². The van der Waals surface area contributed by atoms with Crippen molar-refractivity contribution >= 4 is 5.97 Å². The first-order chi connectivity index (χ1) is 13.5. The Hall–Kier alpha value is -3.03. The maximum atomic E-state index is 11.0. The number of aliphatic hydroxyl groups is 1. The van der Waals surface area contributed by atoms with E-state index in [9.17, 15) is 9.90 Å². The van der Waals surface area contributed by atoms with Crippen LogP contribution in [0.25, 0.3) is 11.4 Å². The Morgan fingerprint density at radius 2 is 2.04 bits per heavy atom. The van der Waals surface area contributed by atoms with Gasteiger partial charge in [0, 0.05) is 18.7 Å². The molecular formula is C21H21N3O4. The number of carboxylic acids is 1. The van der Waals surface area contributed by atoms with Gasteiger partial charge in [-0.15, -0.1) is 0 Å². The van der Waals surface area contributed by atoms with Crippen molar-refractivity contribution in [1.82, 2.24) is 15.0 Å². The van der Waals surface area contributed by atoms with Crippen LogP contribution >= 0.6 is 0 Å². The van der Waals surface area contributed by atoms with Crippen molar-refractivity contribution in [3.8, 4) is 11.4 Å². The Bertz CT molecular complexity index is 983. The number of hydrogen-bond donors (Lipinski definition) is 2. The van der Waals surface area contributed by atoms with Gasteiger partial charge in [0.05, 0.1) is 17.7 Å². The molecule has 2 unspecified atom stereocenters. The highest BCUT2D eigenvalue weighted by atomic mass is 16.5. The van der Waals surface area contributed by atoms with E-state index in [4.69, 9.17) is 9.63 Å². The van der Waals surface area contributed by atoms with Gasteiger partial charge in [-0.1, -0.05) is 41.1 Å². The minimum absolute atomic E-state index is 0.180. The Labute approximate surface area is 162 Å². The molecule has 144 valence electrons. The maximum Gasteiger partial charge on any atom is 0.335 e. The van der Waals surface area contributed by atoms with Gasteiger partial charge in [-0.3, -0.25) is 4.90 Å². The monoisotopic (exact) mass is 379 g/mol. The normalized spacial score (nSPS) is 19.8. The first kappa shape index (κ1) is 18.3. The van der Waals surface area contributed by atoms with Crippen molar-refractivity contribution < 1.29 is 19.5 Å². The van der Waals surface area contributed by atoms with Crippen molar-refractivity contribution in [3.63, 3.8) is 0 Å². The van der Waals surface area contributed by atoms with E-state index in [1.807, 2.05) is 31.2 Å². The highest BCUT2D eigenvalue weighted by Crippen LogP contribution is 2.33. The molecule has 7 nitrogen and oxygen atoms in total. The van der Waals surface area contributed by atoms with Gasteiger partial charge in [-0.25, -0.2) is 4.79 Å². The van der Waals surface area contributed by atoms with Crippen molar-refractivity contribution in [2.75, 3.05) is 6.54 Å². The van der Waals surface area contributed by atoms with Crippen molar-refractivity contribution in [2.24, 2.45) is 0 Å². The molecular weight excluding hydrogens is 358 g/mol. The summed E-state index contributed by atoms with van der Waals surface area (Å²) in [4.78, 5) is 17.6. The van der Waals surface area contributed by atoms with Crippen LogP contribution in [0.15, 0.2) is 53.1 Å². The van der Waals surface area contributed by atoms with Gasteiger partial charge < -0.3 is 14.7 Å². The zero-order valence-electron chi connectivity index (χ0n) is 15.4. The number of aliphatic hydroxyl groups excluding tert-OH is 1. The Morgan fingerprint density at radius 3 is 2.75 bits per heavy atom. The van der Waals surface area contributed by atoms with Gasteiger partial charge in [-0.2, -0.15) is 4.98 Å². The fourth-order valence-corrected chi connectivity index (χ4v) is 3.57. The molecule has 1 aliphatic heterocycles. The van der Waals surface area contributed by atoms with E-state index in [0.717, 1.165) is 16.7 Å². The summed E-state index contributed by atoms with van der Waals surface area (Å²) in [5, 5.41) is 23.3. The number of likely N-dealkylation sites (tertiary alicyclic amines) is 1. The van der Waals surface area contributed by atoms with Crippen LogP contribution < -0.4 is 0 Å². The number of aromatic carboxylic acids is 1. The second-order valence-electron chi connectivity index (χ2n) is 7.16. The number of carboxylic acid groups (broad SMARTS) is 1. The summed E-state index contributed by atoms with van der Waals surface area (Å²) in [7, 11) is 0. The van der Waals surface area contributed by atoms with E-state index in [0.29, 0.717) is 31.2 Å². The van der Waals surface area contributed by atoms with E-state index in [1.165, 1.54) is 0 Å². The highest BCUT2D eigenvalue weighted by molar-refractivity contribution is 5.87. The van der Waals surface area contributed by atoms with Gasteiger partial charge in [-0.05, 0) is 37.1 Å². The van der Waals surface area contributed by atoms with Gasteiger partial charge in [0.15, 0.2) is 0 Å². The largest absolute Gasteiger partial charge is 0.478 e. The molecule has 28 heavy (non-hydrogen) atoms. The minimum atomic E-state index is -0.949.